The van der Waals surface area contributed by atoms with Crippen LogP contribution in [0.25, 0.3) is 22.2 Å². The van der Waals surface area contributed by atoms with E-state index in [1.54, 1.807) is 18.3 Å². The second-order valence-corrected chi connectivity index (χ2v) is 4.35. The highest BCUT2D eigenvalue weighted by atomic mass is 19.1. The van der Waals surface area contributed by atoms with Gasteiger partial charge in [-0.15, -0.1) is 0 Å². The minimum atomic E-state index is -1.35. The molecule has 0 radical (unpaired) electrons. The lowest BCUT2D eigenvalue weighted by Crippen LogP contribution is -2.03. The summed E-state index contributed by atoms with van der Waals surface area (Å²) in [6.45, 7) is 0. The van der Waals surface area contributed by atoms with Crippen LogP contribution in [0.5, 0.6) is 0 Å². The second-order valence-electron chi connectivity index (χ2n) is 4.35. The summed E-state index contributed by atoms with van der Waals surface area (Å²) >= 11 is 0. The predicted octanol–water partition coefficient (Wildman–Crippen LogP) is 3.27. The van der Waals surface area contributed by atoms with E-state index >= 15 is 0 Å². The first-order valence-corrected chi connectivity index (χ1v) is 6.00. The maximum atomic E-state index is 13.9. The first-order chi connectivity index (χ1) is 10.1. The van der Waals surface area contributed by atoms with Gasteiger partial charge in [-0.25, -0.2) is 18.6 Å². The minimum absolute atomic E-state index is 0.220. The fourth-order valence-corrected chi connectivity index (χ4v) is 2.10. The van der Waals surface area contributed by atoms with Crippen molar-refractivity contribution < 1.29 is 18.7 Å². The molecule has 6 heteroatoms. The zero-order valence-electron chi connectivity index (χ0n) is 10.5. The Labute approximate surface area is 117 Å². The van der Waals surface area contributed by atoms with E-state index in [1.165, 1.54) is 12.3 Å². The van der Waals surface area contributed by atoms with Crippen LogP contribution in [0.2, 0.25) is 0 Å². The summed E-state index contributed by atoms with van der Waals surface area (Å²) in [4.78, 5) is 19.3. The maximum Gasteiger partial charge on any atom is 0.336 e. The lowest BCUT2D eigenvalue weighted by atomic mass is 10.0. The molecule has 3 aromatic rings. The van der Waals surface area contributed by atoms with Crippen molar-refractivity contribution in [2.24, 2.45) is 0 Å². The van der Waals surface area contributed by atoms with E-state index in [0.29, 0.717) is 5.56 Å². The molecule has 21 heavy (non-hydrogen) atoms. The smallest absolute Gasteiger partial charge is 0.336 e. The first kappa shape index (κ1) is 13.1. The van der Waals surface area contributed by atoms with Crippen LogP contribution in [0.4, 0.5) is 8.78 Å². The molecule has 0 bridgehead atoms. The molecule has 0 amide bonds. The van der Waals surface area contributed by atoms with Crippen molar-refractivity contribution in [3.63, 3.8) is 0 Å². The van der Waals surface area contributed by atoms with E-state index in [4.69, 9.17) is 0 Å². The average molecular weight is 286 g/mol. The molecule has 0 aliphatic heterocycles. The van der Waals surface area contributed by atoms with Crippen molar-refractivity contribution in [1.29, 1.82) is 0 Å². The summed E-state index contributed by atoms with van der Waals surface area (Å²) in [5.74, 6) is -2.95. The Bertz CT molecular complexity index is 851. The van der Waals surface area contributed by atoms with Crippen LogP contribution in [-0.2, 0) is 0 Å². The Morgan fingerprint density at radius 1 is 1.14 bits per heavy atom. The molecule has 0 aliphatic carbocycles. The number of nitrogens with zero attached hydrogens (tertiary/aromatic N) is 2. The Hall–Kier alpha value is -2.89. The third-order valence-corrected chi connectivity index (χ3v) is 3.05. The largest absolute Gasteiger partial charge is 0.478 e. The summed E-state index contributed by atoms with van der Waals surface area (Å²) in [5, 5.41) is 8.90. The summed E-state index contributed by atoms with van der Waals surface area (Å²) in [7, 11) is 0. The summed E-state index contributed by atoms with van der Waals surface area (Å²) in [5.41, 5.74) is 0.0904. The van der Waals surface area contributed by atoms with Gasteiger partial charge in [0, 0.05) is 18.0 Å². The van der Waals surface area contributed by atoms with Gasteiger partial charge >= 0.3 is 5.97 Å². The number of rotatable bonds is 2. The van der Waals surface area contributed by atoms with Crippen LogP contribution in [0.3, 0.4) is 0 Å². The highest BCUT2D eigenvalue weighted by molar-refractivity contribution is 6.04. The van der Waals surface area contributed by atoms with Crippen molar-refractivity contribution >= 4 is 16.9 Å². The summed E-state index contributed by atoms with van der Waals surface area (Å²) in [6, 6.07) is 6.32. The maximum absolute atomic E-state index is 13.9. The highest BCUT2D eigenvalue weighted by Crippen LogP contribution is 2.28. The fourth-order valence-electron chi connectivity index (χ4n) is 2.10. The number of halogens is 2. The molecule has 0 atom stereocenters. The molecule has 3 rings (SSSR count). The van der Waals surface area contributed by atoms with Crippen molar-refractivity contribution in [2.75, 3.05) is 0 Å². The van der Waals surface area contributed by atoms with Crippen LogP contribution in [0, 0.1) is 11.6 Å². The van der Waals surface area contributed by atoms with Crippen LogP contribution in [0.1, 0.15) is 10.4 Å². The Morgan fingerprint density at radius 2 is 1.90 bits per heavy atom. The van der Waals surface area contributed by atoms with Gasteiger partial charge in [0.15, 0.2) is 0 Å². The average Bonchev–Trinajstić information content (AvgIpc) is 2.51. The number of benzene rings is 1. The molecule has 2 aromatic heterocycles. The quantitative estimate of drug-likeness (QED) is 0.785. The van der Waals surface area contributed by atoms with Crippen LogP contribution in [-0.4, -0.2) is 21.0 Å². The number of aromatic carboxylic acids is 1. The van der Waals surface area contributed by atoms with Crippen molar-refractivity contribution in [3.8, 4) is 11.3 Å². The summed E-state index contributed by atoms with van der Waals surface area (Å²) in [6.07, 6.45) is 3.01. The molecular weight excluding hydrogens is 278 g/mol. The van der Waals surface area contributed by atoms with Gasteiger partial charge in [-0.3, -0.25) is 4.98 Å². The van der Waals surface area contributed by atoms with Crippen molar-refractivity contribution in [1.82, 2.24) is 9.97 Å². The monoisotopic (exact) mass is 286 g/mol. The van der Waals surface area contributed by atoms with E-state index in [9.17, 15) is 18.7 Å². The van der Waals surface area contributed by atoms with E-state index in [-0.39, 0.29) is 22.2 Å². The molecule has 104 valence electrons. The Balaban J connectivity index is 2.41. The number of carboxylic acids is 1. The Morgan fingerprint density at radius 3 is 2.57 bits per heavy atom. The highest BCUT2D eigenvalue weighted by Gasteiger charge is 2.18. The lowest BCUT2D eigenvalue weighted by molar-refractivity contribution is 0.0698. The van der Waals surface area contributed by atoms with Gasteiger partial charge < -0.3 is 5.11 Å². The van der Waals surface area contributed by atoms with Crippen LogP contribution < -0.4 is 0 Å². The van der Waals surface area contributed by atoms with Gasteiger partial charge in [0.1, 0.15) is 17.2 Å². The normalized spacial score (nSPS) is 10.8. The minimum Gasteiger partial charge on any atom is -0.478 e. The van der Waals surface area contributed by atoms with E-state index in [2.05, 4.69) is 9.97 Å². The van der Waals surface area contributed by atoms with Gasteiger partial charge in [-0.05, 0) is 30.3 Å². The zero-order valence-corrected chi connectivity index (χ0v) is 10.5. The number of carbonyl (C=O) groups is 1. The van der Waals surface area contributed by atoms with Crippen molar-refractivity contribution in [2.45, 2.75) is 0 Å². The molecule has 2 heterocycles. The van der Waals surface area contributed by atoms with Gasteiger partial charge in [0.25, 0.3) is 0 Å². The molecule has 0 saturated carbocycles. The molecule has 0 aliphatic rings. The number of hydrogen-bond donors (Lipinski definition) is 1. The van der Waals surface area contributed by atoms with E-state index in [0.717, 1.165) is 12.1 Å². The molecule has 0 unspecified atom stereocenters. The molecule has 0 saturated heterocycles. The van der Waals surface area contributed by atoms with Gasteiger partial charge in [0.05, 0.1) is 16.6 Å². The van der Waals surface area contributed by atoms with E-state index in [1.807, 2.05) is 0 Å². The lowest BCUT2D eigenvalue weighted by Gasteiger charge is -2.08. The van der Waals surface area contributed by atoms with Crippen LogP contribution >= 0.6 is 0 Å². The van der Waals surface area contributed by atoms with Gasteiger partial charge in [-0.1, -0.05) is 0 Å². The second kappa shape index (κ2) is 4.90. The van der Waals surface area contributed by atoms with Crippen molar-refractivity contribution in [3.05, 3.63) is 59.9 Å². The number of hydrogen-bond acceptors (Lipinski definition) is 3. The van der Waals surface area contributed by atoms with E-state index < -0.39 is 17.6 Å². The number of carboxylic acid groups (broad SMARTS) is 1. The molecule has 1 aromatic carbocycles. The molecule has 0 spiro atoms. The molecule has 0 fully saturated rings. The zero-order chi connectivity index (χ0) is 15.0. The topological polar surface area (TPSA) is 63.1 Å². The standard InChI is InChI=1S/C15H8F2N2O2/c16-10-3-4-11(17)14-13(10)9(15(20)21)6-12(19-14)8-2-1-5-18-7-8/h1-7H,(H,20,21). The third kappa shape index (κ3) is 2.20. The molecular formula is C15H8F2N2O2. The summed E-state index contributed by atoms with van der Waals surface area (Å²) < 4.78 is 27.7. The fraction of sp³-hybridized carbons (Fsp3) is 0. The third-order valence-electron chi connectivity index (χ3n) is 3.05. The molecule has 4 nitrogen and oxygen atoms in total. The number of aromatic nitrogens is 2. The SMILES string of the molecule is O=C(O)c1cc(-c2cccnc2)nc2c(F)ccc(F)c12. The Kier molecular flexibility index (Phi) is 3.06. The first-order valence-electron chi connectivity index (χ1n) is 6.00. The number of fused-ring (bicyclic) bond motifs is 1. The molecule has 1 N–H and O–H groups in total. The number of pyridine rings is 2. The predicted molar refractivity (Wildman–Crippen MR) is 71.8 cm³/mol. The van der Waals surface area contributed by atoms with Gasteiger partial charge in [0.2, 0.25) is 0 Å². The van der Waals surface area contributed by atoms with Crippen LogP contribution in [0.15, 0.2) is 42.7 Å². The van der Waals surface area contributed by atoms with Gasteiger partial charge in [-0.2, -0.15) is 0 Å².